The van der Waals surface area contributed by atoms with Gasteiger partial charge in [0.05, 0.1) is 24.5 Å². The van der Waals surface area contributed by atoms with Crippen LogP contribution in [0.3, 0.4) is 0 Å². The Hall–Kier alpha value is -2.68. The number of nitro groups is 1. The summed E-state index contributed by atoms with van der Waals surface area (Å²) in [5.74, 6) is -1.96. The molecule has 1 aromatic carbocycles. The maximum absolute atomic E-state index is 11.5. The molecule has 22 heavy (non-hydrogen) atoms. The number of carboxylic acid groups (broad SMARTS) is 1. The van der Waals surface area contributed by atoms with Crippen molar-refractivity contribution in [3.8, 4) is 5.75 Å². The lowest BCUT2D eigenvalue weighted by atomic mass is 10.1. The number of benzene rings is 1. The van der Waals surface area contributed by atoms with E-state index in [1.54, 1.807) is 6.07 Å². The molecule has 0 fully saturated rings. The largest absolute Gasteiger partial charge is 0.486 e. The summed E-state index contributed by atoms with van der Waals surface area (Å²) in [6, 6.07) is 5.74. The van der Waals surface area contributed by atoms with Gasteiger partial charge in [-0.1, -0.05) is 12.1 Å². The van der Waals surface area contributed by atoms with Gasteiger partial charge in [-0.2, -0.15) is 0 Å². The summed E-state index contributed by atoms with van der Waals surface area (Å²) in [5.41, 5.74) is -2.27. The molecule has 1 amide bonds. The Bertz CT molecular complexity index is 571. The molecular weight excluding hydrogens is 296 g/mol. The van der Waals surface area contributed by atoms with Crippen LogP contribution in [-0.2, 0) is 9.59 Å². The quantitative estimate of drug-likeness (QED) is 0.464. The first-order valence-electron chi connectivity index (χ1n) is 6.33. The van der Waals surface area contributed by atoms with Crippen molar-refractivity contribution < 1.29 is 29.5 Å². The fourth-order valence-corrected chi connectivity index (χ4v) is 1.42. The number of amides is 1. The summed E-state index contributed by atoms with van der Waals surface area (Å²) in [6.07, 6.45) is -0.137. The second kappa shape index (κ2) is 7.36. The Kier molecular flexibility index (Phi) is 5.81. The van der Waals surface area contributed by atoms with Crippen molar-refractivity contribution in [2.45, 2.75) is 18.9 Å². The summed E-state index contributed by atoms with van der Waals surface area (Å²) >= 11 is 0. The van der Waals surface area contributed by atoms with Gasteiger partial charge >= 0.3 is 11.7 Å². The third kappa shape index (κ3) is 5.02. The molecule has 1 aromatic rings. The molecule has 0 aliphatic rings. The lowest BCUT2D eigenvalue weighted by molar-refractivity contribution is -0.385. The fourth-order valence-electron chi connectivity index (χ4n) is 1.42. The van der Waals surface area contributed by atoms with Gasteiger partial charge < -0.3 is 20.3 Å². The van der Waals surface area contributed by atoms with Crippen molar-refractivity contribution in [3.63, 3.8) is 0 Å². The first-order chi connectivity index (χ1) is 10.2. The van der Waals surface area contributed by atoms with Crippen LogP contribution in [0.1, 0.15) is 13.3 Å². The minimum Gasteiger partial charge on any atom is -0.486 e. The van der Waals surface area contributed by atoms with Crippen LogP contribution in [0.5, 0.6) is 5.75 Å². The lowest BCUT2D eigenvalue weighted by Gasteiger charge is -2.18. The van der Waals surface area contributed by atoms with Gasteiger partial charge in [-0.05, 0) is 13.0 Å². The lowest BCUT2D eigenvalue weighted by Crippen LogP contribution is -2.46. The van der Waals surface area contributed by atoms with Gasteiger partial charge in [-0.25, -0.2) is 4.79 Å². The Morgan fingerprint density at radius 1 is 1.41 bits per heavy atom. The van der Waals surface area contributed by atoms with Crippen LogP contribution in [0.25, 0.3) is 0 Å². The van der Waals surface area contributed by atoms with Gasteiger partial charge in [0.15, 0.2) is 11.4 Å². The van der Waals surface area contributed by atoms with E-state index in [1.165, 1.54) is 18.2 Å². The second-order valence-electron chi connectivity index (χ2n) is 4.68. The van der Waals surface area contributed by atoms with E-state index in [9.17, 15) is 24.8 Å². The zero-order valence-electron chi connectivity index (χ0n) is 11.8. The predicted molar refractivity (Wildman–Crippen MR) is 74.5 cm³/mol. The van der Waals surface area contributed by atoms with Crippen LogP contribution in [0, 0.1) is 10.1 Å². The number of hydrogen-bond donors (Lipinski definition) is 3. The predicted octanol–water partition coefficient (Wildman–Crippen LogP) is 0.315. The van der Waals surface area contributed by atoms with Crippen molar-refractivity contribution in [1.29, 1.82) is 0 Å². The molecule has 0 aromatic heterocycles. The van der Waals surface area contributed by atoms with Crippen LogP contribution in [-0.4, -0.2) is 45.8 Å². The molecule has 9 heteroatoms. The Labute approximate surface area is 125 Å². The van der Waals surface area contributed by atoms with E-state index in [0.29, 0.717) is 0 Å². The number of rotatable bonds is 8. The normalized spacial score (nSPS) is 13.0. The van der Waals surface area contributed by atoms with Crippen LogP contribution in [0.2, 0.25) is 0 Å². The Morgan fingerprint density at radius 3 is 2.64 bits per heavy atom. The molecule has 0 radical (unpaired) electrons. The molecule has 0 aliphatic carbocycles. The molecule has 0 saturated carbocycles. The number of nitrogens with zero attached hydrogens (tertiary/aromatic N) is 1. The molecule has 0 saturated heterocycles. The van der Waals surface area contributed by atoms with E-state index in [2.05, 4.69) is 5.32 Å². The number of hydrogen-bond acceptors (Lipinski definition) is 6. The van der Waals surface area contributed by atoms with Gasteiger partial charge in [-0.3, -0.25) is 14.9 Å². The Morgan fingerprint density at radius 2 is 2.05 bits per heavy atom. The SMILES string of the molecule is CC(O)(CNC(=O)CCOc1ccccc1[N+](=O)[O-])C(=O)O. The van der Waals surface area contributed by atoms with Crippen molar-refractivity contribution in [3.05, 3.63) is 34.4 Å². The minimum atomic E-state index is -2.06. The number of aliphatic hydroxyl groups is 1. The van der Waals surface area contributed by atoms with Crippen molar-refractivity contribution >= 4 is 17.6 Å². The Balaban J connectivity index is 2.43. The maximum Gasteiger partial charge on any atom is 0.337 e. The van der Waals surface area contributed by atoms with Crippen molar-refractivity contribution in [1.82, 2.24) is 5.32 Å². The van der Waals surface area contributed by atoms with Crippen LogP contribution in [0.15, 0.2) is 24.3 Å². The summed E-state index contributed by atoms with van der Waals surface area (Å²) < 4.78 is 5.17. The highest BCUT2D eigenvalue weighted by molar-refractivity contribution is 5.80. The number of ether oxygens (including phenoxy) is 1. The molecule has 0 aliphatic heterocycles. The standard InChI is InChI=1S/C13H16N2O7/c1-13(19,12(17)18)8-14-11(16)6-7-22-10-5-3-2-4-9(10)15(20)21/h2-5,19H,6-8H2,1H3,(H,14,16)(H,17,18). The average molecular weight is 312 g/mol. The molecule has 9 nitrogen and oxygen atoms in total. The second-order valence-corrected chi connectivity index (χ2v) is 4.68. The summed E-state index contributed by atoms with van der Waals surface area (Å²) in [5, 5.41) is 31.1. The van der Waals surface area contributed by atoms with Crippen molar-refractivity contribution in [2.75, 3.05) is 13.2 Å². The van der Waals surface area contributed by atoms with E-state index in [0.717, 1.165) is 6.92 Å². The minimum absolute atomic E-state index is 0.0397. The summed E-state index contributed by atoms with van der Waals surface area (Å²) in [4.78, 5) is 32.3. The number of nitrogens with one attached hydrogen (secondary N) is 1. The smallest absolute Gasteiger partial charge is 0.337 e. The van der Waals surface area contributed by atoms with E-state index < -0.39 is 28.9 Å². The molecule has 120 valence electrons. The third-order valence-corrected chi connectivity index (χ3v) is 2.74. The highest BCUT2D eigenvalue weighted by Gasteiger charge is 2.30. The number of carboxylic acids is 1. The van der Waals surface area contributed by atoms with Crippen LogP contribution < -0.4 is 10.1 Å². The number of aliphatic carboxylic acids is 1. The number of para-hydroxylation sites is 2. The van der Waals surface area contributed by atoms with Gasteiger partial charge in [0.25, 0.3) is 0 Å². The topological polar surface area (TPSA) is 139 Å². The molecule has 3 N–H and O–H groups in total. The monoisotopic (exact) mass is 312 g/mol. The van der Waals surface area contributed by atoms with Gasteiger partial charge in [0.2, 0.25) is 5.91 Å². The molecule has 0 bridgehead atoms. The molecule has 0 heterocycles. The van der Waals surface area contributed by atoms with E-state index in [-0.39, 0.29) is 24.5 Å². The first-order valence-corrected chi connectivity index (χ1v) is 6.33. The number of carbonyl (C=O) groups is 2. The zero-order chi connectivity index (χ0) is 16.8. The van der Waals surface area contributed by atoms with E-state index in [4.69, 9.17) is 9.84 Å². The average Bonchev–Trinajstić information content (AvgIpc) is 2.45. The molecule has 1 unspecified atom stereocenters. The van der Waals surface area contributed by atoms with Gasteiger partial charge in [0, 0.05) is 6.07 Å². The fraction of sp³-hybridized carbons (Fsp3) is 0.385. The number of carbonyl (C=O) groups excluding carboxylic acids is 1. The van der Waals surface area contributed by atoms with E-state index >= 15 is 0 Å². The zero-order valence-corrected chi connectivity index (χ0v) is 11.8. The molecular formula is C13H16N2O7. The molecule has 0 spiro atoms. The van der Waals surface area contributed by atoms with Crippen LogP contribution in [0.4, 0.5) is 5.69 Å². The third-order valence-electron chi connectivity index (χ3n) is 2.74. The molecule has 1 atom stereocenters. The molecule has 1 rings (SSSR count). The highest BCUT2D eigenvalue weighted by Crippen LogP contribution is 2.25. The highest BCUT2D eigenvalue weighted by atomic mass is 16.6. The number of nitro benzene ring substituents is 1. The summed E-state index contributed by atoms with van der Waals surface area (Å²) in [7, 11) is 0. The summed E-state index contributed by atoms with van der Waals surface area (Å²) in [6.45, 7) is 0.484. The van der Waals surface area contributed by atoms with Crippen LogP contribution >= 0.6 is 0 Å². The van der Waals surface area contributed by atoms with E-state index in [1.807, 2.05) is 0 Å². The first kappa shape index (κ1) is 17.4. The van der Waals surface area contributed by atoms with Gasteiger partial charge in [0.1, 0.15) is 0 Å². The van der Waals surface area contributed by atoms with Gasteiger partial charge in [-0.15, -0.1) is 0 Å². The van der Waals surface area contributed by atoms with Crippen molar-refractivity contribution in [2.24, 2.45) is 0 Å². The maximum atomic E-state index is 11.5.